The Hall–Kier alpha value is -1.00. The second-order valence-corrected chi connectivity index (χ2v) is 5.62. The van der Waals surface area contributed by atoms with Crippen molar-refractivity contribution >= 4 is 0 Å². The normalized spacial score (nSPS) is 21.5. The highest BCUT2D eigenvalue weighted by Gasteiger charge is 2.18. The van der Waals surface area contributed by atoms with Crippen LogP contribution < -0.4 is 5.32 Å². The van der Waals surface area contributed by atoms with Crippen LogP contribution in [0.2, 0.25) is 0 Å². The van der Waals surface area contributed by atoms with E-state index >= 15 is 0 Å². The van der Waals surface area contributed by atoms with Crippen molar-refractivity contribution < 1.29 is 0 Å². The van der Waals surface area contributed by atoms with Crippen LogP contribution in [-0.4, -0.2) is 47.6 Å². The van der Waals surface area contributed by atoms with E-state index in [2.05, 4.69) is 54.1 Å². The summed E-state index contributed by atoms with van der Waals surface area (Å²) in [6, 6.07) is 2.57. The highest BCUT2D eigenvalue weighted by Crippen LogP contribution is 2.13. The number of nitrogens with zero attached hydrogens (tertiary/aromatic N) is 3. The van der Waals surface area contributed by atoms with Crippen LogP contribution in [0.3, 0.4) is 0 Å². The van der Waals surface area contributed by atoms with Crippen LogP contribution in [0.4, 0.5) is 0 Å². The van der Waals surface area contributed by atoms with E-state index in [9.17, 15) is 0 Å². The summed E-state index contributed by atoms with van der Waals surface area (Å²) in [6.07, 6.45) is 0.922. The van der Waals surface area contributed by atoms with Crippen LogP contribution in [0.1, 0.15) is 37.0 Å². The van der Waals surface area contributed by atoms with Gasteiger partial charge in [-0.1, -0.05) is 13.8 Å². The molecular weight excluding hydrogens is 224 g/mol. The number of aryl methyl sites for hydroxylation is 1. The minimum absolute atomic E-state index is 0.465. The van der Waals surface area contributed by atoms with Crippen molar-refractivity contribution in [2.45, 2.75) is 39.2 Å². The van der Waals surface area contributed by atoms with Gasteiger partial charge in [0.15, 0.2) is 0 Å². The fourth-order valence-corrected chi connectivity index (χ4v) is 2.39. The van der Waals surface area contributed by atoms with Crippen LogP contribution in [0.25, 0.3) is 0 Å². The Morgan fingerprint density at radius 1 is 1.44 bits per heavy atom. The van der Waals surface area contributed by atoms with Gasteiger partial charge in [0.25, 0.3) is 0 Å². The molecule has 1 aliphatic rings. The molecule has 0 radical (unpaired) electrons. The van der Waals surface area contributed by atoms with Crippen molar-refractivity contribution in [3.05, 3.63) is 23.3 Å². The Kier molecular flexibility index (Phi) is 4.30. The number of rotatable bonds is 3. The maximum Gasteiger partial charge on any atom is 0.130 e. The molecule has 0 aliphatic carbocycles. The highest BCUT2D eigenvalue weighted by atomic mass is 15.2. The van der Waals surface area contributed by atoms with Crippen molar-refractivity contribution in [1.82, 2.24) is 20.2 Å². The van der Waals surface area contributed by atoms with Gasteiger partial charge in [-0.05, 0) is 26.0 Å². The molecule has 1 saturated heterocycles. The van der Waals surface area contributed by atoms with Crippen LogP contribution >= 0.6 is 0 Å². The first-order valence-electron chi connectivity index (χ1n) is 6.81. The van der Waals surface area contributed by atoms with Gasteiger partial charge in [-0.3, -0.25) is 0 Å². The monoisotopic (exact) mass is 248 g/mol. The van der Waals surface area contributed by atoms with Crippen molar-refractivity contribution in [2.75, 3.05) is 26.7 Å². The van der Waals surface area contributed by atoms with E-state index in [1.807, 2.05) is 0 Å². The van der Waals surface area contributed by atoms with E-state index in [0.717, 1.165) is 43.3 Å². The van der Waals surface area contributed by atoms with Gasteiger partial charge >= 0.3 is 0 Å². The summed E-state index contributed by atoms with van der Waals surface area (Å²) in [6.45, 7) is 9.68. The summed E-state index contributed by atoms with van der Waals surface area (Å²) < 4.78 is 0. The van der Waals surface area contributed by atoms with Crippen molar-refractivity contribution in [2.24, 2.45) is 0 Å². The molecule has 0 aromatic carbocycles. The Bertz CT molecular complexity index is 403. The lowest BCUT2D eigenvalue weighted by molar-refractivity contribution is 0.236. The van der Waals surface area contributed by atoms with E-state index in [1.165, 1.54) is 0 Å². The minimum Gasteiger partial charge on any atom is -0.311 e. The van der Waals surface area contributed by atoms with Gasteiger partial charge in [0, 0.05) is 43.5 Å². The van der Waals surface area contributed by atoms with Crippen LogP contribution in [0.15, 0.2) is 6.07 Å². The predicted molar refractivity (Wildman–Crippen MR) is 73.8 cm³/mol. The predicted octanol–water partition coefficient (Wildman–Crippen LogP) is 1.35. The minimum atomic E-state index is 0.465. The Morgan fingerprint density at radius 2 is 2.22 bits per heavy atom. The summed E-state index contributed by atoms with van der Waals surface area (Å²) in [5, 5.41) is 3.54. The molecule has 1 aliphatic heterocycles. The van der Waals surface area contributed by atoms with E-state index in [-0.39, 0.29) is 0 Å². The van der Waals surface area contributed by atoms with Crippen molar-refractivity contribution in [1.29, 1.82) is 0 Å². The number of hydrogen-bond acceptors (Lipinski definition) is 4. The lowest BCUT2D eigenvalue weighted by Gasteiger charge is -2.30. The lowest BCUT2D eigenvalue weighted by Crippen LogP contribution is -2.50. The average Bonchev–Trinajstić information content (AvgIpc) is 2.28. The molecule has 1 aromatic rings. The largest absolute Gasteiger partial charge is 0.311 e. The number of nitrogens with one attached hydrogen (secondary N) is 1. The first-order chi connectivity index (χ1) is 8.54. The SMILES string of the molecule is Cc1cc(C(C)C)nc(CC2CN(C)CCN2)n1. The zero-order chi connectivity index (χ0) is 13.1. The number of piperazine rings is 1. The smallest absolute Gasteiger partial charge is 0.130 e. The van der Waals surface area contributed by atoms with E-state index in [1.54, 1.807) is 0 Å². The third-order valence-corrected chi connectivity index (χ3v) is 3.40. The Balaban J connectivity index is 2.08. The molecule has 4 heteroatoms. The molecule has 0 saturated carbocycles. The van der Waals surface area contributed by atoms with Gasteiger partial charge in [0.1, 0.15) is 5.82 Å². The molecule has 0 spiro atoms. The summed E-state index contributed by atoms with van der Waals surface area (Å²) in [7, 11) is 2.17. The summed E-state index contributed by atoms with van der Waals surface area (Å²) in [5.41, 5.74) is 2.23. The third kappa shape index (κ3) is 3.50. The van der Waals surface area contributed by atoms with Crippen molar-refractivity contribution in [3.8, 4) is 0 Å². The average molecular weight is 248 g/mol. The molecule has 4 nitrogen and oxygen atoms in total. The Labute approximate surface area is 110 Å². The maximum absolute atomic E-state index is 4.68. The van der Waals surface area contributed by atoms with Gasteiger partial charge in [-0.15, -0.1) is 0 Å². The molecule has 0 bridgehead atoms. The van der Waals surface area contributed by atoms with E-state index in [4.69, 9.17) is 0 Å². The quantitative estimate of drug-likeness (QED) is 0.877. The second-order valence-electron chi connectivity index (χ2n) is 5.62. The van der Waals surface area contributed by atoms with Crippen molar-refractivity contribution in [3.63, 3.8) is 0 Å². The van der Waals surface area contributed by atoms with Gasteiger partial charge in [0.2, 0.25) is 0 Å². The van der Waals surface area contributed by atoms with Gasteiger partial charge < -0.3 is 10.2 Å². The van der Waals surface area contributed by atoms with Crippen LogP contribution in [0, 0.1) is 6.92 Å². The van der Waals surface area contributed by atoms with Gasteiger partial charge in [-0.2, -0.15) is 0 Å². The zero-order valence-electron chi connectivity index (χ0n) is 11.9. The van der Waals surface area contributed by atoms with E-state index < -0.39 is 0 Å². The maximum atomic E-state index is 4.68. The summed E-state index contributed by atoms with van der Waals surface area (Å²) >= 11 is 0. The molecule has 100 valence electrons. The Morgan fingerprint density at radius 3 is 2.89 bits per heavy atom. The molecule has 18 heavy (non-hydrogen) atoms. The van der Waals surface area contributed by atoms with Crippen LogP contribution in [-0.2, 0) is 6.42 Å². The third-order valence-electron chi connectivity index (χ3n) is 3.40. The van der Waals surface area contributed by atoms with Gasteiger partial charge in [0.05, 0.1) is 0 Å². The molecule has 1 unspecified atom stereocenters. The molecule has 1 N–H and O–H groups in total. The molecule has 0 amide bonds. The van der Waals surface area contributed by atoms with E-state index in [0.29, 0.717) is 12.0 Å². The zero-order valence-corrected chi connectivity index (χ0v) is 11.9. The number of likely N-dealkylation sites (N-methyl/N-ethyl adjacent to an activating group) is 1. The van der Waals surface area contributed by atoms with Crippen LogP contribution in [0.5, 0.6) is 0 Å². The molecule has 1 aromatic heterocycles. The molecular formula is C14H24N4. The first-order valence-corrected chi connectivity index (χ1v) is 6.81. The molecule has 2 heterocycles. The highest BCUT2D eigenvalue weighted by molar-refractivity contribution is 5.13. The number of hydrogen-bond donors (Lipinski definition) is 1. The summed E-state index contributed by atoms with van der Waals surface area (Å²) in [5.74, 6) is 1.44. The first kappa shape index (κ1) is 13.4. The molecule has 1 fully saturated rings. The van der Waals surface area contributed by atoms with Gasteiger partial charge in [-0.25, -0.2) is 9.97 Å². The summed E-state index contributed by atoms with van der Waals surface area (Å²) in [4.78, 5) is 11.6. The molecule has 1 atom stereocenters. The fourth-order valence-electron chi connectivity index (χ4n) is 2.39. The lowest BCUT2D eigenvalue weighted by atomic mass is 10.1. The number of aromatic nitrogens is 2. The topological polar surface area (TPSA) is 41.1 Å². The second kappa shape index (κ2) is 5.76. The molecule has 2 rings (SSSR count). The standard InChI is InChI=1S/C14H24N4/c1-10(2)13-7-11(3)16-14(17-13)8-12-9-18(4)6-5-15-12/h7,10,12,15H,5-6,8-9H2,1-4H3. The fraction of sp³-hybridized carbons (Fsp3) is 0.714.